The summed E-state index contributed by atoms with van der Waals surface area (Å²) in [4.78, 5) is 2.49. The quantitative estimate of drug-likeness (QED) is 0.572. The van der Waals surface area contributed by atoms with E-state index in [4.69, 9.17) is 0 Å². The van der Waals surface area contributed by atoms with Crippen molar-refractivity contribution in [3.63, 3.8) is 0 Å². The van der Waals surface area contributed by atoms with E-state index < -0.39 is 0 Å². The van der Waals surface area contributed by atoms with E-state index in [1.165, 1.54) is 25.8 Å². The second-order valence-corrected chi connectivity index (χ2v) is 3.77. The van der Waals surface area contributed by atoms with Gasteiger partial charge in [0, 0.05) is 6.04 Å². The van der Waals surface area contributed by atoms with Crippen molar-refractivity contribution in [2.24, 2.45) is 5.41 Å². The van der Waals surface area contributed by atoms with Crippen molar-refractivity contribution < 1.29 is 0 Å². The molecule has 0 aromatic heterocycles. The van der Waals surface area contributed by atoms with Crippen LogP contribution in [0.1, 0.15) is 67.7 Å². The van der Waals surface area contributed by atoms with E-state index in [0.717, 1.165) is 11.5 Å². The minimum atomic E-state index is 0.800. The molecule has 1 heteroatoms. The summed E-state index contributed by atoms with van der Waals surface area (Å²) in [5.41, 5.74) is 0.800. The van der Waals surface area contributed by atoms with Crippen LogP contribution in [0, 0.1) is 5.41 Å². The first-order valence-corrected chi connectivity index (χ1v) is 6.95. The zero-order chi connectivity index (χ0) is 12.5. The lowest BCUT2D eigenvalue weighted by Gasteiger charge is -2.18. The Bertz CT molecular complexity index is 127. The molecule has 1 aliphatic carbocycles. The SMILES string of the molecule is CC.CC.CC.CC1N(C)CCC12CC2. The highest BCUT2D eigenvalue weighted by Gasteiger charge is 2.51. The second-order valence-electron chi connectivity index (χ2n) is 3.77. The van der Waals surface area contributed by atoms with Gasteiger partial charge in [-0.15, -0.1) is 0 Å². The second kappa shape index (κ2) is 9.21. The Balaban J connectivity index is 0. The molecule has 0 N–H and O–H groups in total. The maximum atomic E-state index is 2.49. The van der Waals surface area contributed by atoms with Gasteiger partial charge < -0.3 is 4.90 Å². The third-order valence-electron chi connectivity index (χ3n) is 3.40. The van der Waals surface area contributed by atoms with Gasteiger partial charge in [0.2, 0.25) is 0 Å². The highest BCUT2D eigenvalue weighted by Crippen LogP contribution is 2.56. The van der Waals surface area contributed by atoms with Crippen molar-refractivity contribution in [1.82, 2.24) is 4.90 Å². The molecule has 0 bridgehead atoms. The van der Waals surface area contributed by atoms with Crippen LogP contribution in [0.15, 0.2) is 0 Å². The maximum Gasteiger partial charge on any atom is 0.0121 e. The molecule has 1 heterocycles. The molecule has 1 atom stereocenters. The minimum Gasteiger partial charge on any atom is -0.303 e. The molecule has 1 unspecified atom stereocenters. The monoisotopic (exact) mass is 215 g/mol. The summed E-state index contributed by atoms with van der Waals surface area (Å²) in [7, 11) is 2.25. The third-order valence-corrected chi connectivity index (χ3v) is 3.40. The predicted octanol–water partition coefficient (Wildman–Crippen LogP) is 4.57. The number of nitrogens with zero attached hydrogens (tertiary/aromatic N) is 1. The van der Waals surface area contributed by atoms with Crippen LogP contribution in [0.3, 0.4) is 0 Å². The van der Waals surface area contributed by atoms with Crippen molar-refractivity contribution >= 4 is 0 Å². The van der Waals surface area contributed by atoms with Crippen LogP contribution in [-0.4, -0.2) is 24.5 Å². The van der Waals surface area contributed by atoms with E-state index in [9.17, 15) is 0 Å². The van der Waals surface area contributed by atoms with Crippen molar-refractivity contribution in [3.8, 4) is 0 Å². The summed E-state index contributed by atoms with van der Waals surface area (Å²) in [6.07, 6.45) is 4.46. The summed E-state index contributed by atoms with van der Waals surface area (Å²) in [5, 5.41) is 0. The van der Waals surface area contributed by atoms with E-state index in [1.807, 2.05) is 41.5 Å². The zero-order valence-corrected chi connectivity index (χ0v) is 12.4. The fraction of sp³-hybridized carbons (Fsp3) is 1.00. The lowest BCUT2D eigenvalue weighted by molar-refractivity contribution is 0.282. The lowest BCUT2D eigenvalue weighted by atomic mass is 9.99. The molecular weight excluding hydrogens is 182 g/mol. The highest BCUT2D eigenvalue weighted by molar-refractivity contribution is 5.05. The van der Waals surface area contributed by atoms with Gasteiger partial charge in [-0.3, -0.25) is 0 Å². The molecule has 2 fully saturated rings. The zero-order valence-electron chi connectivity index (χ0n) is 12.4. The first-order valence-electron chi connectivity index (χ1n) is 6.95. The Morgan fingerprint density at radius 2 is 1.27 bits per heavy atom. The van der Waals surface area contributed by atoms with Gasteiger partial charge in [-0.05, 0) is 45.2 Å². The van der Waals surface area contributed by atoms with E-state index >= 15 is 0 Å². The number of hydrogen-bond acceptors (Lipinski definition) is 1. The summed E-state index contributed by atoms with van der Waals surface area (Å²) in [6, 6.07) is 0.873. The van der Waals surface area contributed by atoms with E-state index in [2.05, 4.69) is 18.9 Å². The summed E-state index contributed by atoms with van der Waals surface area (Å²) >= 11 is 0. The first kappa shape index (κ1) is 17.4. The summed E-state index contributed by atoms with van der Waals surface area (Å²) in [6.45, 7) is 15.7. The average molecular weight is 215 g/mol. The molecule has 15 heavy (non-hydrogen) atoms. The minimum absolute atomic E-state index is 0.800. The Morgan fingerprint density at radius 1 is 0.867 bits per heavy atom. The molecule has 0 aromatic rings. The number of likely N-dealkylation sites (tertiary alicyclic amines) is 1. The van der Waals surface area contributed by atoms with E-state index in [-0.39, 0.29) is 0 Å². The normalized spacial score (nSPS) is 25.2. The molecule has 1 aliphatic heterocycles. The molecule has 1 saturated heterocycles. The Labute approximate surface area is 98.2 Å². The van der Waals surface area contributed by atoms with Crippen LogP contribution in [-0.2, 0) is 0 Å². The van der Waals surface area contributed by atoms with Gasteiger partial charge in [-0.2, -0.15) is 0 Å². The van der Waals surface area contributed by atoms with Crippen molar-refractivity contribution in [1.29, 1.82) is 0 Å². The van der Waals surface area contributed by atoms with Gasteiger partial charge in [-0.1, -0.05) is 41.5 Å². The molecule has 1 spiro atoms. The van der Waals surface area contributed by atoms with Crippen molar-refractivity contribution in [2.45, 2.75) is 73.8 Å². The fourth-order valence-electron chi connectivity index (χ4n) is 2.10. The molecular formula is C14H33N. The van der Waals surface area contributed by atoms with Gasteiger partial charge in [0.15, 0.2) is 0 Å². The third kappa shape index (κ3) is 4.55. The topological polar surface area (TPSA) is 3.24 Å². The smallest absolute Gasteiger partial charge is 0.0121 e. The molecule has 2 aliphatic rings. The van der Waals surface area contributed by atoms with Crippen LogP contribution >= 0.6 is 0 Å². The maximum absolute atomic E-state index is 2.49. The molecule has 0 radical (unpaired) electrons. The molecule has 1 saturated carbocycles. The van der Waals surface area contributed by atoms with E-state index in [0.29, 0.717) is 0 Å². The Morgan fingerprint density at radius 3 is 1.40 bits per heavy atom. The number of rotatable bonds is 0. The van der Waals surface area contributed by atoms with Crippen molar-refractivity contribution in [3.05, 3.63) is 0 Å². The van der Waals surface area contributed by atoms with Gasteiger partial charge in [0.25, 0.3) is 0 Å². The lowest BCUT2D eigenvalue weighted by Crippen LogP contribution is -2.26. The standard InChI is InChI=1S/C8H15N.3C2H6/c1-7-8(3-4-8)5-6-9(7)2;3*1-2/h7H,3-6H2,1-2H3;3*1-2H3. The van der Waals surface area contributed by atoms with Crippen LogP contribution < -0.4 is 0 Å². The van der Waals surface area contributed by atoms with Gasteiger partial charge in [0.1, 0.15) is 0 Å². The van der Waals surface area contributed by atoms with E-state index in [1.54, 1.807) is 0 Å². The van der Waals surface area contributed by atoms with Crippen LogP contribution in [0.5, 0.6) is 0 Å². The molecule has 0 amide bonds. The van der Waals surface area contributed by atoms with Crippen molar-refractivity contribution in [2.75, 3.05) is 13.6 Å². The number of hydrogen-bond donors (Lipinski definition) is 0. The first-order chi connectivity index (χ1) is 7.25. The van der Waals surface area contributed by atoms with Crippen LogP contribution in [0.25, 0.3) is 0 Å². The molecule has 2 rings (SSSR count). The van der Waals surface area contributed by atoms with Gasteiger partial charge in [-0.25, -0.2) is 0 Å². The van der Waals surface area contributed by atoms with Gasteiger partial charge in [0.05, 0.1) is 0 Å². The summed E-state index contributed by atoms with van der Waals surface area (Å²) < 4.78 is 0. The fourth-order valence-corrected chi connectivity index (χ4v) is 2.10. The largest absolute Gasteiger partial charge is 0.303 e. The predicted molar refractivity (Wildman–Crippen MR) is 72.4 cm³/mol. The molecule has 0 aromatic carbocycles. The Kier molecular flexibility index (Phi) is 10.7. The molecule has 1 nitrogen and oxygen atoms in total. The average Bonchev–Trinajstić information content (AvgIpc) is 3.08. The summed E-state index contributed by atoms with van der Waals surface area (Å²) in [5.74, 6) is 0. The van der Waals surface area contributed by atoms with Crippen LogP contribution in [0.4, 0.5) is 0 Å². The van der Waals surface area contributed by atoms with Crippen LogP contribution in [0.2, 0.25) is 0 Å². The van der Waals surface area contributed by atoms with Gasteiger partial charge >= 0.3 is 0 Å². The Hall–Kier alpha value is -0.0400. The highest BCUT2D eigenvalue weighted by atomic mass is 15.2. The molecule has 94 valence electrons.